The van der Waals surface area contributed by atoms with Crippen LogP contribution >= 0.6 is 0 Å². The number of piperazine rings is 1. The topological polar surface area (TPSA) is 99.9 Å². The minimum atomic E-state index is -0.379. The number of hydrogen-bond acceptors (Lipinski definition) is 4. The molecule has 8 nitrogen and oxygen atoms in total. The zero-order valence-corrected chi connectivity index (χ0v) is 16.1. The van der Waals surface area contributed by atoms with Crippen molar-refractivity contribution < 1.29 is 14.3 Å². The molecule has 0 aliphatic carbocycles. The average molecular weight is 383 g/mol. The van der Waals surface area contributed by atoms with Gasteiger partial charge in [-0.3, -0.25) is 0 Å². The Morgan fingerprint density at radius 1 is 1.00 bits per heavy atom. The normalized spacial score (nSPS) is 13.8. The predicted octanol–water partition coefficient (Wildman–Crippen LogP) is 2.85. The summed E-state index contributed by atoms with van der Waals surface area (Å²) in [5.41, 5.74) is 8.67. The SMILES string of the molecule is COc1ccc(C)cc1NC(=O)Nc1ccc(N2CCN(C(N)=O)CC2)cc1. The maximum Gasteiger partial charge on any atom is 0.323 e. The van der Waals surface area contributed by atoms with Crippen LogP contribution in [0, 0.1) is 6.92 Å². The number of benzene rings is 2. The van der Waals surface area contributed by atoms with E-state index in [1.165, 1.54) is 0 Å². The molecule has 3 rings (SSSR count). The van der Waals surface area contributed by atoms with E-state index in [1.807, 2.05) is 49.4 Å². The van der Waals surface area contributed by atoms with Crippen molar-refractivity contribution in [2.24, 2.45) is 5.73 Å². The highest BCUT2D eigenvalue weighted by Gasteiger charge is 2.19. The molecule has 1 aliphatic heterocycles. The van der Waals surface area contributed by atoms with Crippen molar-refractivity contribution in [1.29, 1.82) is 0 Å². The predicted molar refractivity (Wildman–Crippen MR) is 110 cm³/mol. The summed E-state index contributed by atoms with van der Waals surface area (Å²) in [6.07, 6.45) is 0. The van der Waals surface area contributed by atoms with Gasteiger partial charge in [0.25, 0.3) is 0 Å². The maximum atomic E-state index is 12.3. The van der Waals surface area contributed by atoms with Gasteiger partial charge in [-0.25, -0.2) is 9.59 Å². The lowest BCUT2D eigenvalue weighted by molar-refractivity contribution is 0.204. The average Bonchev–Trinajstić information content (AvgIpc) is 2.69. The second-order valence-corrected chi connectivity index (χ2v) is 6.64. The summed E-state index contributed by atoms with van der Waals surface area (Å²) in [6, 6.07) is 12.5. The summed E-state index contributed by atoms with van der Waals surface area (Å²) in [5, 5.41) is 5.63. The molecule has 4 N–H and O–H groups in total. The molecule has 4 amide bonds. The Balaban J connectivity index is 1.58. The molecule has 8 heteroatoms. The molecule has 28 heavy (non-hydrogen) atoms. The number of carbonyl (C=O) groups is 2. The minimum Gasteiger partial charge on any atom is -0.495 e. The third-order valence-electron chi connectivity index (χ3n) is 4.68. The molecule has 0 saturated carbocycles. The van der Waals surface area contributed by atoms with Crippen molar-refractivity contribution in [2.75, 3.05) is 48.8 Å². The van der Waals surface area contributed by atoms with Crippen molar-refractivity contribution in [3.63, 3.8) is 0 Å². The van der Waals surface area contributed by atoms with Crippen LogP contribution in [0.2, 0.25) is 0 Å². The molecular formula is C20H25N5O3. The van der Waals surface area contributed by atoms with Crippen molar-refractivity contribution in [3.8, 4) is 5.75 Å². The van der Waals surface area contributed by atoms with Crippen LogP contribution in [0.4, 0.5) is 26.7 Å². The molecule has 1 saturated heterocycles. The van der Waals surface area contributed by atoms with Gasteiger partial charge in [-0.1, -0.05) is 6.07 Å². The molecular weight excluding hydrogens is 358 g/mol. The van der Waals surface area contributed by atoms with Gasteiger partial charge in [0.05, 0.1) is 12.8 Å². The van der Waals surface area contributed by atoms with Crippen LogP contribution < -0.4 is 26.0 Å². The molecule has 2 aromatic carbocycles. The van der Waals surface area contributed by atoms with Crippen LogP contribution in [0.5, 0.6) is 5.75 Å². The van der Waals surface area contributed by atoms with E-state index < -0.39 is 0 Å². The van der Waals surface area contributed by atoms with Gasteiger partial charge >= 0.3 is 12.1 Å². The van der Waals surface area contributed by atoms with E-state index in [-0.39, 0.29) is 12.1 Å². The third kappa shape index (κ3) is 4.64. The number of amides is 4. The summed E-state index contributed by atoms with van der Waals surface area (Å²) in [6.45, 7) is 4.61. The zero-order chi connectivity index (χ0) is 20.1. The lowest BCUT2D eigenvalue weighted by atomic mass is 10.2. The molecule has 1 aliphatic rings. The summed E-state index contributed by atoms with van der Waals surface area (Å²) in [7, 11) is 1.57. The molecule has 148 valence electrons. The van der Waals surface area contributed by atoms with E-state index in [4.69, 9.17) is 10.5 Å². The highest BCUT2D eigenvalue weighted by Crippen LogP contribution is 2.25. The lowest BCUT2D eigenvalue weighted by Gasteiger charge is -2.35. The first-order valence-corrected chi connectivity index (χ1v) is 9.08. The standard InChI is InChI=1S/C20H25N5O3/c1-14-3-8-18(28-2)17(13-14)23-20(27)22-15-4-6-16(7-5-15)24-9-11-25(12-10-24)19(21)26/h3-8,13H,9-12H2,1-2H3,(H2,21,26)(H2,22,23,27). The number of carbonyl (C=O) groups excluding carboxylic acids is 2. The van der Waals surface area contributed by atoms with Crippen molar-refractivity contribution in [1.82, 2.24) is 4.90 Å². The number of nitrogens with zero attached hydrogens (tertiary/aromatic N) is 2. The van der Waals surface area contributed by atoms with E-state index in [0.29, 0.717) is 30.2 Å². The van der Waals surface area contributed by atoms with E-state index >= 15 is 0 Å². The number of anilines is 3. The fourth-order valence-electron chi connectivity index (χ4n) is 3.14. The van der Waals surface area contributed by atoms with Crippen molar-refractivity contribution in [3.05, 3.63) is 48.0 Å². The fraction of sp³-hybridized carbons (Fsp3) is 0.300. The molecule has 0 bridgehead atoms. The number of nitrogens with two attached hydrogens (primary N) is 1. The number of rotatable bonds is 4. The number of aryl methyl sites for hydroxylation is 1. The Morgan fingerprint density at radius 3 is 2.29 bits per heavy atom. The van der Waals surface area contributed by atoms with Crippen LogP contribution in [-0.4, -0.2) is 50.3 Å². The summed E-state index contributed by atoms with van der Waals surface area (Å²) in [5.74, 6) is 0.603. The number of primary amides is 1. The van der Waals surface area contributed by atoms with Crippen molar-refractivity contribution in [2.45, 2.75) is 6.92 Å². The third-order valence-corrected chi connectivity index (χ3v) is 4.68. The largest absolute Gasteiger partial charge is 0.495 e. The maximum absolute atomic E-state index is 12.3. The quantitative estimate of drug-likeness (QED) is 0.756. The first-order valence-electron chi connectivity index (χ1n) is 9.08. The van der Waals surface area contributed by atoms with Crippen LogP contribution in [0.3, 0.4) is 0 Å². The number of nitrogens with one attached hydrogen (secondary N) is 2. The summed E-state index contributed by atoms with van der Waals surface area (Å²) < 4.78 is 5.28. The first-order chi connectivity index (χ1) is 13.5. The molecule has 0 atom stereocenters. The van der Waals surface area contributed by atoms with Gasteiger partial charge in [-0.2, -0.15) is 0 Å². The minimum absolute atomic E-state index is 0.341. The molecule has 1 heterocycles. The van der Waals surface area contributed by atoms with Gasteiger partial charge in [0.1, 0.15) is 5.75 Å². The molecule has 0 spiro atoms. The van der Waals surface area contributed by atoms with Crippen LogP contribution in [0.1, 0.15) is 5.56 Å². The number of methoxy groups -OCH3 is 1. The smallest absolute Gasteiger partial charge is 0.323 e. The number of hydrogen-bond donors (Lipinski definition) is 3. The Hall–Kier alpha value is -3.42. The molecule has 0 radical (unpaired) electrons. The van der Waals surface area contributed by atoms with Crippen LogP contribution in [0.25, 0.3) is 0 Å². The monoisotopic (exact) mass is 383 g/mol. The van der Waals surface area contributed by atoms with E-state index in [9.17, 15) is 9.59 Å². The Bertz CT molecular complexity index is 845. The highest BCUT2D eigenvalue weighted by molar-refractivity contribution is 6.00. The summed E-state index contributed by atoms with van der Waals surface area (Å²) >= 11 is 0. The van der Waals surface area contributed by atoms with Gasteiger partial charge in [0, 0.05) is 37.6 Å². The molecule has 1 fully saturated rings. The highest BCUT2D eigenvalue weighted by atomic mass is 16.5. The lowest BCUT2D eigenvalue weighted by Crippen LogP contribution is -2.50. The Labute approximate surface area is 164 Å². The summed E-state index contributed by atoms with van der Waals surface area (Å²) in [4.78, 5) is 27.3. The molecule has 2 aromatic rings. The Kier molecular flexibility index (Phi) is 5.88. The van der Waals surface area contributed by atoms with E-state index in [2.05, 4.69) is 15.5 Å². The number of ether oxygens (including phenoxy) is 1. The Morgan fingerprint density at radius 2 is 1.68 bits per heavy atom. The van der Waals surface area contributed by atoms with Crippen LogP contribution in [-0.2, 0) is 0 Å². The van der Waals surface area contributed by atoms with Crippen molar-refractivity contribution >= 4 is 29.1 Å². The van der Waals surface area contributed by atoms with Gasteiger partial charge in [0.2, 0.25) is 0 Å². The first kappa shape index (κ1) is 19.3. The van der Waals surface area contributed by atoms with E-state index in [0.717, 1.165) is 24.3 Å². The van der Waals surface area contributed by atoms with Gasteiger partial charge in [-0.15, -0.1) is 0 Å². The second kappa shape index (κ2) is 8.51. The number of urea groups is 2. The second-order valence-electron chi connectivity index (χ2n) is 6.64. The van der Waals surface area contributed by atoms with Gasteiger partial charge in [0.15, 0.2) is 0 Å². The van der Waals surface area contributed by atoms with Gasteiger partial charge in [-0.05, 0) is 48.9 Å². The van der Waals surface area contributed by atoms with Crippen LogP contribution in [0.15, 0.2) is 42.5 Å². The molecule has 0 aromatic heterocycles. The zero-order valence-electron chi connectivity index (χ0n) is 16.1. The fourth-order valence-corrected chi connectivity index (χ4v) is 3.14. The van der Waals surface area contributed by atoms with E-state index in [1.54, 1.807) is 12.0 Å². The molecule has 0 unspecified atom stereocenters. The van der Waals surface area contributed by atoms with Gasteiger partial charge < -0.3 is 30.9 Å².